The molecular formula is C36H43F5N4O5S. The number of anilines is 3. The summed E-state index contributed by atoms with van der Waals surface area (Å²) in [6, 6.07) is 11.2. The Morgan fingerprint density at radius 3 is 2.25 bits per heavy atom. The largest absolute Gasteiger partial charge is 0.416 e. The molecule has 15 heteroatoms. The first kappa shape index (κ1) is 40.9. The van der Waals surface area contributed by atoms with Crippen molar-refractivity contribution in [1.82, 2.24) is 4.72 Å². The van der Waals surface area contributed by atoms with E-state index < -0.39 is 63.3 Å². The SMILES string of the molecule is C=CCC(F)(F)c1cc(C(O)Nc2cc(C(=O)Nc3ccccc3S(=O)(=O)NC(=O)CCCCC)ccc2NCCC(C)C)cc(C(F)(F)F)c1. The molecule has 0 bridgehead atoms. The molecule has 0 saturated carbocycles. The Morgan fingerprint density at radius 1 is 0.922 bits per heavy atom. The smallest absolute Gasteiger partial charge is 0.383 e. The molecule has 3 aromatic rings. The Labute approximate surface area is 294 Å². The lowest BCUT2D eigenvalue weighted by atomic mass is 9.98. The molecule has 0 aliphatic rings. The number of aliphatic hydroxyl groups is 1. The van der Waals surface area contributed by atoms with Crippen molar-refractivity contribution in [3.8, 4) is 0 Å². The number of rotatable bonds is 18. The average molecular weight is 739 g/mol. The number of para-hydroxylation sites is 1. The fourth-order valence-electron chi connectivity index (χ4n) is 4.96. The third kappa shape index (κ3) is 11.8. The van der Waals surface area contributed by atoms with Gasteiger partial charge in [-0.3, -0.25) is 9.59 Å². The van der Waals surface area contributed by atoms with E-state index in [-0.39, 0.29) is 28.3 Å². The second-order valence-corrected chi connectivity index (χ2v) is 14.0. The van der Waals surface area contributed by atoms with Crippen LogP contribution in [-0.4, -0.2) is 31.9 Å². The van der Waals surface area contributed by atoms with Gasteiger partial charge < -0.3 is 21.1 Å². The second-order valence-electron chi connectivity index (χ2n) is 12.4. The Bertz CT molecular complexity index is 1800. The van der Waals surface area contributed by atoms with Crippen LogP contribution in [0.2, 0.25) is 0 Å². The van der Waals surface area contributed by atoms with Crippen molar-refractivity contribution in [3.63, 3.8) is 0 Å². The van der Waals surface area contributed by atoms with Crippen LogP contribution in [0.15, 0.2) is 78.2 Å². The summed E-state index contributed by atoms with van der Waals surface area (Å²) >= 11 is 0. The molecule has 3 aromatic carbocycles. The number of hydrogen-bond acceptors (Lipinski definition) is 7. The normalized spacial score (nSPS) is 12.7. The molecule has 0 aliphatic heterocycles. The standard InChI is InChI=1S/C36H43F5N4O5S/c1-5-7-8-13-32(46)45-51(49,50)31-12-10-9-11-29(31)43-33(47)24-14-15-28(42-18-16-23(3)4)30(21-24)44-34(48)25-19-26(35(37,38)17-6-2)22-27(20-25)36(39,40)41/h6,9-12,14-15,19-23,34,42,44,48H,2,5,7-8,13,16-18H2,1,3-4H3,(H,43,47)(H,45,46). The van der Waals surface area contributed by atoms with Crippen molar-refractivity contribution in [3.05, 3.63) is 95.6 Å². The van der Waals surface area contributed by atoms with Gasteiger partial charge in [0.15, 0.2) is 6.23 Å². The highest BCUT2D eigenvalue weighted by atomic mass is 32.2. The van der Waals surface area contributed by atoms with E-state index in [2.05, 4.69) is 22.5 Å². The molecule has 0 fully saturated rings. The minimum atomic E-state index is -5.00. The Morgan fingerprint density at radius 2 is 1.61 bits per heavy atom. The van der Waals surface area contributed by atoms with Gasteiger partial charge in [0.1, 0.15) is 4.90 Å². The Kier molecular flexibility index (Phi) is 14.1. The fraction of sp³-hybridized carbons (Fsp3) is 0.389. The number of nitrogens with one attached hydrogen (secondary N) is 4. The zero-order valence-corrected chi connectivity index (χ0v) is 29.4. The van der Waals surface area contributed by atoms with Gasteiger partial charge in [0, 0.05) is 36.1 Å². The van der Waals surface area contributed by atoms with Crippen molar-refractivity contribution in [2.75, 3.05) is 22.5 Å². The molecule has 5 N–H and O–H groups in total. The van der Waals surface area contributed by atoms with E-state index in [1.807, 2.05) is 25.5 Å². The molecule has 1 unspecified atom stereocenters. The van der Waals surface area contributed by atoms with E-state index in [0.717, 1.165) is 25.0 Å². The lowest BCUT2D eigenvalue weighted by Gasteiger charge is -2.23. The highest BCUT2D eigenvalue weighted by Crippen LogP contribution is 2.39. The summed E-state index contributed by atoms with van der Waals surface area (Å²) in [4.78, 5) is 25.4. The molecule has 0 heterocycles. The van der Waals surface area contributed by atoms with Gasteiger partial charge in [0.2, 0.25) is 5.91 Å². The van der Waals surface area contributed by atoms with Crippen LogP contribution in [0.4, 0.5) is 39.0 Å². The number of unbranched alkanes of at least 4 members (excludes halogenated alkanes) is 2. The maximum atomic E-state index is 14.8. The summed E-state index contributed by atoms with van der Waals surface area (Å²) in [5.41, 5.74) is -2.70. The van der Waals surface area contributed by atoms with Crippen molar-refractivity contribution >= 4 is 38.9 Å². The van der Waals surface area contributed by atoms with Crippen molar-refractivity contribution in [2.45, 2.75) is 82.5 Å². The molecule has 0 saturated heterocycles. The van der Waals surface area contributed by atoms with Gasteiger partial charge >= 0.3 is 6.18 Å². The number of hydrogen-bond donors (Lipinski definition) is 5. The van der Waals surface area contributed by atoms with E-state index in [0.29, 0.717) is 43.1 Å². The molecule has 0 spiro atoms. The third-order valence-electron chi connectivity index (χ3n) is 7.71. The third-order valence-corrected chi connectivity index (χ3v) is 9.14. The number of aliphatic hydroxyl groups excluding tert-OH is 1. The summed E-state index contributed by atoms with van der Waals surface area (Å²) in [6.45, 7) is 9.59. The number of amides is 2. The van der Waals surface area contributed by atoms with E-state index >= 15 is 0 Å². The van der Waals surface area contributed by atoms with E-state index in [4.69, 9.17) is 0 Å². The molecule has 9 nitrogen and oxygen atoms in total. The number of alkyl halides is 5. The van der Waals surface area contributed by atoms with Crippen LogP contribution in [-0.2, 0) is 26.9 Å². The first-order chi connectivity index (χ1) is 23.9. The quantitative estimate of drug-likeness (QED) is 0.0382. The van der Waals surface area contributed by atoms with Crippen molar-refractivity contribution < 1.29 is 45.1 Å². The molecule has 0 aromatic heterocycles. The number of halogens is 5. The molecule has 1 atom stereocenters. The van der Waals surface area contributed by atoms with Crippen LogP contribution in [0.3, 0.4) is 0 Å². The first-order valence-electron chi connectivity index (χ1n) is 16.4. The van der Waals surface area contributed by atoms with Gasteiger partial charge in [0.25, 0.3) is 21.9 Å². The molecule has 0 aliphatic carbocycles. The molecule has 278 valence electrons. The maximum Gasteiger partial charge on any atom is 0.416 e. The summed E-state index contributed by atoms with van der Waals surface area (Å²) in [5.74, 6) is -4.91. The van der Waals surface area contributed by atoms with Crippen molar-refractivity contribution in [1.29, 1.82) is 0 Å². The average Bonchev–Trinajstić information content (AvgIpc) is 3.04. The highest BCUT2D eigenvalue weighted by Gasteiger charge is 2.37. The maximum absolute atomic E-state index is 14.8. The van der Waals surface area contributed by atoms with Crippen LogP contribution < -0.4 is 20.7 Å². The molecular weight excluding hydrogens is 695 g/mol. The number of sulfonamides is 1. The van der Waals surface area contributed by atoms with Gasteiger partial charge in [0.05, 0.1) is 22.6 Å². The number of carbonyl (C=O) groups excluding carboxylic acids is 2. The predicted molar refractivity (Wildman–Crippen MR) is 187 cm³/mol. The van der Waals surface area contributed by atoms with Crippen LogP contribution in [0, 0.1) is 5.92 Å². The summed E-state index contributed by atoms with van der Waals surface area (Å²) in [6.07, 6.45) is -4.22. The van der Waals surface area contributed by atoms with Crippen LogP contribution in [0.5, 0.6) is 0 Å². The number of carbonyl (C=O) groups is 2. The minimum absolute atomic E-state index is 0.000159. The minimum Gasteiger partial charge on any atom is -0.383 e. The highest BCUT2D eigenvalue weighted by molar-refractivity contribution is 7.90. The van der Waals surface area contributed by atoms with E-state index in [9.17, 15) is 45.1 Å². The van der Waals surface area contributed by atoms with E-state index in [1.54, 1.807) is 0 Å². The van der Waals surface area contributed by atoms with Gasteiger partial charge in [-0.15, -0.1) is 6.58 Å². The summed E-state index contributed by atoms with van der Waals surface area (Å²) < 4.78 is 98.9. The zero-order valence-electron chi connectivity index (χ0n) is 28.5. The predicted octanol–water partition coefficient (Wildman–Crippen LogP) is 8.57. The molecule has 51 heavy (non-hydrogen) atoms. The topological polar surface area (TPSA) is 137 Å². The second kappa shape index (κ2) is 17.6. The van der Waals surface area contributed by atoms with Gasteiger partial charge in [-0.25, -0.2) is 21.9 Å². The Hall–Kier alpha value is -4.50. The Balaban J connectivity index is 1.98. The summed E-state index contributed by atoms with van der Waals surface area (Å²) in [7, 11) is -4.37. The van der Waals surface area contributed by atoms with Gasteiger partial charge in [-0.2, -0.15) is 13.2 Å². The van der Waals surface area contributed by atoms with Gasteiger partial charge in [-0.1, -0.05) is 51.8 Å². The molecule has 0 radical (unpaired) electrons. The fourth-order valence-corrected chi connectivity index (χ4v) is 6.14. The van der Waals surface area contributed by atoms with Crippen LogP contribution >= 0.6 is 0 Å². The van der Waals surface area contributed by atoms with E-state index in [1.165, 1.54) is 42.5 Å². The number of allylic oxidation sites excluding steroid dienone is 1. The number of benzene rings is 3. The lowest BCUT2D eigenvalue weighted by Crippen LogP contribution is -2.31. The van der Waals surface area contributed by atoms with Gasteiger partial charge in [-0.05, 0) is 67.3 Å². The monoisotopic (exact) mass is 738 g/mol. The van der Waals surface area contributed by atoms with Crippen molar-refractivity contribution in [2.24, 2.45) is 5.92 Å². The molecule has 2 amide bonds. The first-order valence-corrected chi connectivity index (χ1v) is 17.9. The summed E-state index contributed by atoms with van der Waals surface area (Å²) in [5, 5.41) is 19.4. The van der Waals surface area contributed by atoms with Crippen LogP contribution in [0.25, 0.3) is 0 Å². The molecule has 3 rings (SSSR count). The van der Waals surface area contributed by atoms with Crippen LogP contribution in [0.1, 0.15) is 92.6 Å². The lowest BCUT2D eigenvalue weighted by molar-refractivity contribution is -0.138. The zero-order chi connectivity index (χ0) is 38.0.